The summed E-state index contributed by atoms with van der Waals surface area (Å²) in [5.41, 5.74) is 1.83. The molecule has 0 aliphatic rings. The number of aliphatic hydroxyl groups is 1. The van der Waals surface area contributed by atoms with E-state index in [2.05, 4.69) is 21.8 Å². The molecule has 6 nitrogen and oxygen atoms in total. The SMILES string of the molecule is CCCN(CCCCO)CCOc1ccc(Oc2nc3ccccc3[nH]2)cc1. The van der Waals surface area contributed by atoms with Crippen LogP contribution >= 0.6 is 0 Å². The topological polar surface area (TPSA) is 70.6 Å². The Morgan fingerprint density at radius 2 is 1.75 bits per heavy atom. The Morgan fingerprint density at radius 3 is 2.50 bits per heavy atom. The fourth-order valence-corrected chi connectivity index (χ4v) is 3.08. The van der Waals surface area contributed by atoms with Crippen LogP contribution in [0.1, 0.15) is 26.2 Å². The molecule has 150 valence electrons. The summed E-state index contributed by atoms with van der Waals surface area (Å²) in [5.74, 6) is 1.53. The molecule has 2 N–H and O–H groups in total. The van der Waals surface area contributed by atoms with Crippen molar-refractivity contribution < 1.29 is 14.6 Å². The van der Waals surface area contributed by atoms with Gasteiger partial charge in [0.05, 0.1) is 11.0 Å². The zero-order valence-corrected chi connectivity index (χ0v) is 16.4. The maximum Gasteiger partial charge on any atom is 0.300 e. The van der Waals surface area contributed by atoms with Crippen molar-refractivity contribution in [1.29, 1.82) is 0 Å². The minimum atomic E-state index is 0.263. The number of H-pyrrole nitrogens is 1. The van der Waals surface area contributed by atoms with Crippen molar-refractivity contribution in [2.75, 3.05) is 32.8 Å². The van der Waals surface area contributed by atoms with E-state index in [9.17, 15) is 0 Å². The maximum absolute atomic E-state index is 8.93. The van der Waals surface area contributed by atoms with Crippen molar-refractivity contribution in [3.8, 4) is 17.5 Å². The second-order valence-corrected chi connectivity index (χ2v) is 6.75. The number of fused-ring (bicyclic) bond motifs is 1. The number of hydrogen-bond donors (Lipinski definition) is 2. The third-order valence-electron chi connectivity index (χ3n) is 4.50. The van der Waals surface area contributed by atoms with E-state index in [1.54, 1.807) is 0 Å². The first kappa shape index (κ1) is 20.2. The van der Waals surface area contributed by atoms with Gasteiger partial charge in [-0.3, -0.25) is 4.90 Å². The lowest BCUT2D eigenvalue weighted by molar-refractivity contribution is 0.199. The molecule has 3 rings (SSSR count). The second kappa shape index (κ2) is 10.7. The van der Waals surface area contributed by atoms with Gasteiger partial charge in [-0.15, -0.1) is 0 Å². The summed E-state index contributed by atoms with van der Waals surface area (Å²) >= 11 is 0. The van der Waals surface area contributed by atoms with Gasteiger partial charge in [0.15, 0.2) is 0 Å². The van der Waals surface area contributed by atoms with Crippen molar-refractivity contribution in [2.24, 2.45) is 0 Å². The molecule has 28 heavy (non-hydrogen) atoms. The largest absolute Gasteiger partial charge is 0.492 e. The van der Waals surface area contributed by atoms with E-state index >= 15 is 0 Å². The Hall–Kier alpha value is -2.57. The Kier molecular flexibility index (Phi) is 7.70. The zero-order valence-electron chi connectivity index (χ0n) is 16.4. The summed E-state index contributed by atoms with van der Waals surface area (Å²) in [7, 11) is 0. The van der Waals surface area contributed by atoms with Gasteiger partial charge in [0.2, 0.25) is 0 Å². The summed E-state index contributed by atoms with van der Waals surface area (Å²) in [6.45, 7) is 6.03. The highest BCUT2D eigenvalue weighted by Crippen LogP contribution is 2.24. The molecule has 2 aromatic carbocycles. The lowest BCUT2D eigenvalue weighted by Crippen LogP contribution is -2.30. The van der Waals surface area contributed by atoms with E-state index < -0.39 is 0 Å². The monoisotopic (exact) mass is 383 g/mol. The molecule has 0 atom stereocenters. The van der Waals surface area contributed by atoms with Crippen LogP contribution in [-0.4, -0.2) is 52.8 Å². The number of rotatable bonds is 12. The predicted molar refractivity (Wildman–Crippen MR) is 111 cm³/mol. The van der Waals surface area contributed by atoms with E-state index in [1.807, 2.05) is 48.5 Å². The smallest absolute Gasteiger partial charge is 0.300 e. The Balaban J connectivity index is 1.47. The number of hydrogen-bond acceptors (Lipinski definition) is 5. The first-order valence-electron chi connectivity index (χ1n) is 9.97. The molecule has 1 aromatic heterocycles. The highest BCUT2D eigenvalue weighted by Gasteiger charge is 2.06. The van der Waals surface area contributed by atoms with Crippen molar-refractivity contribution in [3.63, 3.8) is 0 Å². The van der Waals surface area contributed by atoms with E-state index in [-0.39, 0.29) is 6.61 Å². The summed E-state index contributed by atoms with van der Waals surface area (Å²) in [5, 5.41) is 8.93. The number of aliphatic hydroxyl groups excluding tert-OH is 1. The average molecular weight is 383 g/mol. The Morgan fingerprint density at radius 1 is 0.964 bits per heavy atom. The number of ether oxygens (including phenoxy) is 2. The van der Waals surface area contributed by atoms with Crippen molar-refractivity contribution in [1.82, 2.24) is 14.9 Å². The van der Waals surface area contributed by atoms with Crippen LogP contribution < -0.4 is 9.47 Å². The van der Waals surface area contributed by atoms with Gasteiger partial charge in [-0.2, -0.15) is 4.98 Å². The molecule has 3 aromatic rings. The molecule has 6 heteroatoms. The molecule has 0 aliphatic heterocycles. The summed E-state index contributed by atoms with van der Waals surface area (Å²) < 4.78 is 11.7. The van der Waals surface area contributed by atoms with Crippen LogP contribution in [0.2, 0.25) is 0 Å². The number of nitrogens with zero attached hydrogens (tertiary/aromatic N) is 2. The van der Waals surface area contributed by atoms with Crippen LogP contribution in [0.25, 0.3) is 11.0 Å². The highest BCUT2D eigenvalue weighted by atomic mass is 16.5. The average Bonchev–Trinajstić information content (AvgIpc) is 3.12. The van der Waals surface area contributed by atoms with Gasteiger partial charge >= 0.3 is 0 Å². The zero-order chi connectivity index (χ0) is 19.6. The van der Waals surface area contributed by atoms with Gasteiger partial charge in [-0.05, 0) is 68.8 Å². The molecule has 0 bridgehead atoms. The third-order valence-corrected chi connectivity index (χ3v) is 4.50. The quantitative estimate of drug-likeness (QED) is 0.458. The normalized spacial score (nSPS) is 11.2. The standard InChI is InChI=1S/C22H29N3O3/c1-2-13-25(14-5-6-16-26)15-17-27-18-9-11-19(12-10-18)28-22-23-20-7-3-4-8-21(20)24-22/h3-4,7-12,26H,2,5-6,13-17H2,1H3,(H,23,24). The molecule has 0 radical (unpaired) electrons. The van der Waals surface area contributed by atoms with Crippen molar-refractivity contribution in [3.05, 3.63) is 48.5 Å². The van der Waals surface area contributed by atoms with Crippen LogP contribution in [-0.2, 0) is 0 Å². The van der Waals surface area contributed by atoms with E-state index in [4.69, 9.17) is 14.6 Å². The Bertz CT molecular complexity index is 799. The van der Waals surface area contributed by atoms with Gasteiger partial charge in [-0.1, -0.05) is 19.1 Å². The number of nitrogens with one attached hydrogen (secondary N) is 1. The lowest BCUT2D eigenvalue weighted by atomic mass is 10.3. The predicted octanol–water partition coefficient (Wildman–Crippen LogP) is 4.22. The third kappa shape index (κ3) is 5.97. The van der Waals surface area contributed by atoms with Crippen molar-refractivity contribution in [2.45, 2.75) is 26.2 Å². The van der Waals surface area contributed by atoms with Crippen LogP contribution in [0, 0.1) is 0 Å². The minimum absolute atomic E-state index is 0.263. The molecular weight excluding hydrogens is 354 g/mol. The van der Waals surface area contributed by atoms with E-state index in [0.717, 1.165) is 55.7 Å². The number of para-hydroxylation sites is 2. The molecule has 0 aliphatic carbocycles. The number of aromatic amines is 1. The molecule has 1 heterocycles. The van der Waals surface area contributed by atoms with E-state index in [1.165, 1.54) is 0 Å². The maximum atomic E-state index is 8.93. The molecule has 0 saturated carbocycles. The fourth-order valence-electron chi connectivity index (χ4n) is 3.08. The fraction of sp³-hybridized carbons (Fsp3) is 0.409. The molecule has 0 fully saturated rings. The summed E-state index contributed by atoms with van der Waals surface area (Å²) in [4.78, 5) is 9.95. The van der Waals surface area contributed by atoms with Gasteiger partial charge < -0.3 is 19.6 Å². The number of aromatic nitrogens is 2. The summed E-state index contributed by atoms with van der Waals surface area (Å²) in [6, 6.07) is 15.9. The number of benzene rings is 2. The van der Waals surface area contributed by atoms with Gasteiger partial charge in [0.1, 0.15) is 18.1 Å². The Labute approximate surface area is 166 Å². The first-order chi connectivity index (χ1) is 13.8. The van der Waals surface area contributed by atoms with E-state index in [0.29, 0.717) is 18.4 Å². The van der Waals surface area contributed by atoms with Gasteiger partial charge in [0.25, 0.3) is 6.01 Å². The van der Waals surface area contributed by atoms with Crippen molar-refractivity contribution >= 4 is 11.0 Å². The number of unbranched alkanes of at least 4 members (excludes halogenated alkanes) is 1. The lowest BCUT2D eigenvalue weighted by Gasteiger charge is -2.21. The molecule has 0 unspecified atom stereocenters. The molecular formula is C22H29N3O3. The van der Waals surface area contributed by atoms with Gasteiger partial charge in [0, 0.05) is 13.2 Å². The van der Waals surface area contributed by atoms with Crippen LogP contribution in [0.4, 0.5) is 0 Å². The second-order valence-electron chi connectivity index (χ2n) is 6.75. The van der Waals surface area contributed by atoms with Crippen LogP contribution in [0.5, 0.6) is 17.5 Å². The summed E-state index contributed by atoms with van der Waals surface area (Å²) in [6.07, 6.45) is 2.99. The first-order valence-corrected chi connectivity index (χ1v) is 9.97. The van der Waals surface area contributed by atoms with Crippen LogP contribution in [0.3, 0.4) is 0 Å². The van der Waals surface area contributed by atoms with Gasteiger partial charge in [-0.25, -0.2) is 0 Å². The van der Waals surface area contributed by atoms with Crippen LogP contribution in [0.15, 0.2) is 48.5 Å². The highest BCUT2D eigenvalue weighted by molar-refractivity contribution is 5.75. The molecule has 0 spiro atoms. The number of imidazole rings is 1. The minimum Gasteiger partial charge on any atom is -0.492 e. The molecule has 0 amide bonds. The molecule has 0 saturated heterocycles.